The fourth-order valence-corrected chi connectivity index (χ4v) is 3.14. The van der Waals surface area contributed by atoms with Crippen LogP contribution in [0.2, 0.25) is 0 Å². The lowest BCUT2D eigenvalue weighted by Gasteiger charge is -2.24. The van der Waals surface area contributed by atoms with Crippen molar-refractivity contribution >= 4 is 17.7 Å². The molecule has 0 aliphatic carbocycles. The number of carboxylic acids is 1. The molecule has 4 heteroatoms. The molecule has 104 valence electrons. The maximum atomic E-state index is 11.2. The van der Waals surface area contributed by atoms with Crippen molar-refractivity contribution in [3.8, 4) is 0 Å². The van der Waals surface area contributed by atoms with Gasteiger partial charge in [-0.2, -0.15) is 0 Å². The largest absolute Gasteiger partial charge is 0.481 e. The number of carboxylic acid groups (broad SMARTS) is 1. The first-order valence-electron chi connectivity index (χ1n) is 6.63. The fourth-order valence-electron chi connectivity index (χ4n) is 2.74. The van der Waals surface area contributed by atoms with E-state index in [0.29, 0.717) is 6.54 Å². The van der Waals surface area contributed by atoms with E-state index < -0.39 is 5.97 Å². The number of rotatable bonds is 4. The zero-order valence-corrected chi connectivity index (χ0v) is 12.5. The molecule has 1 aliphatic heterocycles. The number of aliphatic carboxylic acids is 1. The van der Waals surface area contributed by atoms with Crippen molar-refractivity contribution in [2.45, 2.75) is 24.8 Å². The Kier molecular flexibility index (Phi) is 4.53. The Labute approximate surface area is 119 Å². The van der Waals surface area contributed by atoms with Gasteiger partial charge in [0.15, 0.2) is 0 Å². The Morgan fingerprint density at radius 2 is 2.00 bits per heavy atom. The molecule has 3 nitrogen and oxygen atoms in total. The molecule has 1 aromatic carbocycles. The van der Waals surface area contributed by atoms with Gasteiger partial charge in [-0.3, -0.25) is 9.69 Å². The highest BCUT2D eigenvalue weighted by atomic mass is 32.2. The van der Waals surface area contributed by atoms with Crippen LogP contribution in [0.4, 0.5) is 0 Å². The summed E-state index contributed by atoms with van der Waals surface area (Å²) in [5, 5.41) is 9.19. The van der Waals surface area contributed by atoms with E-state index in [1.807, 2.05) is 6.92 Å². The summed E-state index contributed by atoms with van der Waals surface area (Å²) in [7, 11) is 0. The molecule has 1 saturated heterocycles. The summed E-state index contributed by atoms with van der Waals surface area (Å²) in [5.41, 5.74) is 1.26. The van der Waals surface area contributed by atoms with Gasteiger partial charge in [0.25, 0.3) is 0 Å². The van der Waals surface area contributed by atoms with Crippen LogP contribution in [-0.4, -0.2) is 35.3 Å². The molecule has 0 radical (unpaired) electrons. The predicted octanol–water partition coefficient (Wildman–Crippen LogP) is 3.12. The molecule has 0 bridgehead atoms. The van der Waals surface area contributed by atoms with E-state index in [-0.39, 0.29) is 17.9 Å². The second kappa shape index (κ2) is 5.97. The monoisotopic (exact) mass is 279 g/mol. The number of carbonyl (C=O) groups is 1. The number of thioether (sulfide) groups is 1. The standard InChI is InChI=1S/C15H21NO2S/c1-10-8-16(9-14(10)15(17)18)11(2)12-4-6-13(19-3)7-5-12/h4-7,10-11,14H,8-9H2,1-3H3,(H,17,18)/t10-,11?,14-/m1/s1. The third-order valence-electron chi connectivity index (χ3n) is 4.10. The van der Waals surface area contributed by atoms with Crippen LogP contribution < -0.4 is 0 Å². The summed E-state index contributed by atoms with van der Waals surface area (Å²) in [6, 6.07) is 8.84. The predicted molar refractivity (Wildman–Crippen MR) is 78.5 cm³/mol. The molecule has 1 aromatic rings. The highest BCUT2D eigenvalue weighted by Crippen LogP contribution is 2.31. The van der Waals surface area contributed by atoms with Crippen molar-refractivity contribution in [1.82, 2.24) is 4.90 Å². The quantitative estimate of drug-likeness (QED) is 0.860. The van der Waals surface area contributed by atoms with E-state index in [1.165, 1.54) is 10.5 Å². The summed E-state index contributed by atoms with van der Waals surface area (Å²) in [6.45, 7) is 5.71. The lowest BCUT2D eigenvalue weighted by molar-refractivity contribution is -0.142. The highest BCUT2D eigenvalue weighted by molar-refractivity contribution is 7.98. The molecular formula is C15H21NO2S. The molecule has 1 fully saturated rings. The van der Waals surface area contributed by atoms with E-state index in [0.717, 1.165) is 6.54 Å². The van der Waals surface area contributed by atoms with Gasteiger partial charge in [0.2, 0.25) is 0 Å². The second-order valence-corrected chi connectivity index (χ2v) is 6.20. The summed E-state index contributed by atoms with van der Waals surface area (Å²) in [6.07, 6.45) is 2.07. The Morgan fingerprint density at radius 1 is 1.37 bits per heavy atom. The molecule has 2 rings (SSSR count). The third kappa shape index (κ3) is 3.12. The number of nitrogens with zero attached hydrogens (tertiary/aromatic N) is 1. The lowest BCUT2D eigenvalue weighted by atomic mass is 9.99. The Balaban J connectivity index is 2.07. The first-order valence-corrected chi connectivity index (χ1v) is 7.86. The zero-order chi connectivity index (χ0) is 14.0. The van der Waals surface area contributed by atoms with Gasteiger partial charge in [-0.15, -0.1) is 11.8 Å². The minimum atomic E-state index is -0.667. The van der Waals surface area contributed by atoms with Crippen LogP contribution in [-0.2, 0) is 4.79 Å². The van der Waals surface area contributed by atoms with Gasteiger partial charge in [-0.1, -0.05) is 19.1 Å². The van der Waals surface area contributed by atoms with Crippen molar-refractivity contribution in [1.29, 1.82) is 0 Å². The molecule has 3 atom stereocenters. The van der Waals surface area contributed by atoms with Gasteiger partial charge in [-0.05, 0) is 36.8 Å². The number of benzene rings is 1. The molecule has 0 amide bonds. The van der Waals surface area contributed by atoms with Crippen LogP contribution in [0.1, 0.15) is 25.5 Å². The molecule has 1 heterocycles. The topological polar surface area (TPSA) is 40.5 Å². The smallest absolute Gasteiger partial charge is 0.308 e. The molecule has 1 aliphatic rings. The average Bonchev–Trinajstić information content (AvgIpc) is 2.80. The Hall–Kier alpha value is -1.00. The van der Waals surface area contributed by atoms with E-state index in [2.05, 4.69) is 42.3 Å². The van der Waals surface area contributed by atoms with Crippen molar-refractivity contribution in [3.63, 3.8) is 0 Å². The summed E-state index contributed by atoms with van der Waals surface area (Å²) >= 11 is 1.73. The van der Waals surface area contributed by atoms with Gasteiger partial charge < -0.3 is 5.11 Å². The van der Waals surface area contributed by atoms with Crippen molar-refractivity contribution < 1.29 is 9.90 Å². The van der Waals surface area contributed by atoms with Crippen molar-refractivity contribution in [3.05, 3.63) is 29.8 Å². The minimum absolute atomic E-state index is 0.227. The summed E-state index contributed by atoms with van der Waals surface area (Å²) < 4.78 is 0. The van der Waals surface area contributed by atoms with Crippen LogP contribution >= 0.6 is 11.8 Å². The molecule has 0 saturated carbocycles. The third-order valence-corrected chi connectivity index (χ3v) is 4.85. The van der Waals surface area contributed by atoms with Crippen LogP contribution in [0.5, 0.6) is 0 Å². The molecule has 0 aromatic heterocycles. The first-order chi connectivity index (χ1) is 9.02. The van der Waals surface area contributed by atoms with Crippen LogP contribution in [0.15, 0.2) is 29.2 Å². The fraction of sp³-hybridized carbons (Fsp3) is 0.533. The van der Waals surface area contributed by atoms with Crippen molar-refractivity contribution in [2.75, 3.05) is 19.3 Å². The van der Waals surface area contributed by atoms with E-state index >= 15 is 0 Å². The van der Waals surface area contributed by atoms with Gasteiger partial charge in [0, 0.05) is 24.0 Å². The van der Waals surface area contributed by atoms with E-state index in [9.17, 15) is 9.90 Å². The Morgan fingerprint density at radius 3 is 2.47 bits per heavy atom. The molecule has 19 heavy (non-hydrogen) atoms. The number of likely N-dealkylation sites (tertiary alicyclic amines) is 1. The Bertz CT molecular complexity index is 446. The van der Waals surface area contributed by atoms with E-state index in [1.54, 1.807) is 11.8 Å². The van der Waals surface area contributed by atoms with Crippen LogP contribution in [0.3, 0.4) is 0 Å². The van der Waals surface area contributed by atoms with Crippen molar-refractivity contribution in [2.24, 2.45) is 11.8 Å². The van der Waals surface area contributed by atoms with Gasteiger partial charge in [0.05, 0.1) is 5.92 Å². The van der Waals surface area contributed by atoms with Gasteiger partial charge >= 0.3 is 5.97 Å². The summed E-state index contributed by atoms with van der Waals surface area (Å²) in [5.74, 6) is -0.668. The molecular weight excluding hydrogens is 258 g/mol. The minimum Gasteiger partial charge on any atom is -0.481 e. The maximum Gasteiger partial charge on any atom is 0.308 e. The maximum absolute atomic E-state index is 11.2. The van der Waals surface area contributed by atoms with E-state index in [4.69, 9.17) is 0 Å². The lowest BCUT2D eigenvalue weighted by Crippen LogP contribution is -2.26. The molecule has 1 unspecified atom stereocenters. The number of hydrogen-bond donors (Lipinski definition) is 1. The SMILES string of the molecule is CSc1ccc(C(C)N2C[C@@H](C)[C@H](C(=O)O)C2)cc1. The average molecular weight is 279 g/mol. The van der Waals surface area contributed by atoms with Gasteiger partial charge in [0.1, 0.15) is 0 Å². The first kappa shape index (κ1) is 14.4. The van der Waals surface area contributed by atoms with Crippen LogP contribution in [0, 0.1) is 11.8 Å². The number of hydrogen-bond acceptors (Lipinski definition) is 3. The highest BCUT2D eigenvalue weighted by Gasteiger charge is 2.36. The van der Waals surface area contributed by atoms with Gasteiger partial charge in [-0.25, -0.2) is 0 Å². The zero-order valence-electron chi connectivity index (χ0n) is 11.7. The summed E-state index contributed by atoms with van der Waals surface area (Å²) in [4.78, 5) is 14.7. The normalized spacial score (nSPS) is 25.4. The van der Waals surface area contributed by atoms with Crippen LogP contribution in [0.25, 0.3) is 0 Å². The molecule has 0 spiro atoms. The molecule has 1 N–H and O–H groups in total. The second-order valence-electron chi connectivity index (χ2n) is 5.33.